The predicted molar refractivity (Wildman–Crippen MR) is 125 cm³/mol. The van der Waals surface area contributed by atoms with Gasteiger partial charge >= 0.3 is 0 Å². The van der Waals surface area contributed by atoms with Crippen LogP contribution in [0.2, 0.25) is 0 Å². The molecule has 2 saturated heterocycles. The second kappa shape index (κ2) is 8.38. The largest absolute Gasteiger partial charge is 0.490 e. The van der Waals surface area contributed by atoms with Crippen LogP contribution in [0.5, 0.6) is 5.75 Å². The number of aryl methyl sites for hydroxylation is 1. The number of anilines is 1. The average Bonchev–Trinajstić information content (AvgIpc) is 3.38. The zero-order valence-electron chi connectivity index (χ0n) is 19.7. The predicted octanol–water partition coefficient (Wildman–Crippen LogP) is 4.37. The van der Waals surface area contributed by atoms with Crippen molar-refractivity contribution < 1.29 is 14.3 Å². The standard InChI is InChI=1S/C26H37N3O3/c1-19-15-31-24(27-19)29-16-26(17-29)11-8-21(14-26)28-12-9-20(10-13-28)22-6-4-5-7-23(22)32-18-25(2,3)30/h4-7,15,20-21,30H,8-14,16-18H2,1-3H3. The summed E-state index contributed by atoms with van der Waals surface area (Å²) in [4.78, 5) is 9.53. The molecule has 1 atom stereocenters. The summed E-state index contributed by atoms with van der Waals surface area (Å²) in [5.41, 5.74) is 1.90. The topological polar surface area (TPSA) is 62.0 Å². The van der Waals surface area contributed by atoms with Gasteiger partial charge in [-0.05, 0) is 83.5 Å². The van der Waals surface area contributed by atoms with E-state index < -0.39 is 5.60 Å². The molecular weight excluding hydrogens is 402 g/mol. The van der Waals surface area contributed by atoms with E-state index in [1.165, 1.54) is 37.7 Å². The van der Waals surface area contributed by atoms with E-state index >= 15 is 0 Å². The Bertz CT molecular complexity index is 920. The number of oxazole rings is 1. The van der Waals surface area contributed by atoms with Crippen molar-refractivity contribution in [1.82, 2.24) is 9.88 Å². The summed E-state index contributed by atoms with van der Waals surface area (Å²) in [6.45, 7) is 10.4. The summed E-state index contributed by atoms with van der Waals surface area (Å²) >= 11 is 0. The fourth-order valence-corrected chi connectivity index (χ4v) is 5.94. The highest BCUT2D eigenvalue weighted by Crippen LogP contribution is 2.49. The molecule has 0 bridgehead atoms. The number of para-hydroxylation sites is 1. The molecule has 2 aliphatic heterocycles. The molecule has 0 radical (unpaired) electrons. The van der Waals surface area contributed by atoms with Gasteiger partial charge in [-0.25, -0.2) is 0 Å². The molecule has 1 aromatic carbocycles. The summed E-state index contributed by atoms with van der Waals surface area (Å²) in [5, 5.41) is 10.0. The Morgan fingerprint density at radius 3 is 2.62 bits per heavy atom. The maximum absolute atomic E-state index is 10.0. The molecule has 1 aromatic heterocycles. The smallest absolute Gasteiger partial charge is 0.297 e. The molecule has 6 heteroatoms. The summed E-state index contributed by atoms with van der Waals surface area (Å²) in [6, 6.07) is 9.90. The van der Waals surface area contributed by atoms with Crippen LogP contribution in [0.1, 0.15) is 63.1 Å². The molecule has 1 N–H and O–H groups in total. The molecule has 32 heavy (non-hydrogen) atoms. The quantitative estimate of drug-likeness (QED) is 0.721. The number of aromatic nitrogens is 1. The highest BCUT2D eigenvalue weighted by Gasteiger charge is 2.50. The van der Waals surface area contributed by atoms with Gasteiger partial charge in [0.1, 0.15) is 18.6 Å². The van der Waals surface area contributed by atoms with Gasteiger partial charge in [-0.15, -0.1) is 0 Å². The fourth-order valence-electron chi connectivity index (χ4n) is 5.94. The maximum atomic E-state index is 10.0. The molecule has 5 rings (SSSR count). The third-order valence-electron chi connectivity index (χ3n) is 7.59. The average molecular weight is 440 g/mol. The van der Waals surface area contributed by atoms with Crippen molar-refractivity contribution in [3.63, 3.8) is 0 Å². The number of nitrogens with zero attached hydrogens (tertiary/aromatic N) is 3. The lowest BCUT2D eigenvalue weighted by atomic mass is 9.78. The lowest BCUT2D eigenvalue weighted by Gasteiger charge is -2.48. The van der Waals surface area contributed by atoms with E-state index in [9.17, 15) is 5.11 Å². The van der Waals surface area contributed by atoms with Gasteiger partial charge in [-0.1, -0.05) is 18.2 Å². The second-order valence-electron chi connectivity index (χ2n) is 11.0. The number of piperidine rings is 1. The number of hydrogen-bond donors (Lipinski definition) is 1. The molecule has 1 spiro atoms. The zero-order chi connectivity index (χ0) is 22.3. The number of hydrogen-bond acceptors (Lipinski definition) is 6. The van der Waals surface area contributed by atoms with Crippen molar-refractivity contribution in [3.05, 3.63) is 41.8 Å². The van der Waals surface area contributed by atoms with Crippen LogP contribution < -0.4 is 9.64 Å². The molecule has 0 amide bonds. The van der Waals surface area contributed by atoms with Crippen molar-refractivity contribution in [2.24, 2.45) is 5.41 Å². The van der Waals surface area contributed by atoms with E-state index in [4.69, 9.17) is 9.15 Å². The number of rotatable bonds is 6. The lowest BCUT2D eigenvalue weighted by Crippen LogP contribution is -2.56. The van der Waals surface area contributed by atoms with E-state index in [0.717, 1.165) is 43.6 Å². The number of aliphatic hydroxyl groups is 1. The first-order chi connectivity index (χ1) is 15.3. The van der Waals surface area contributed by atoms with Crippen molar-refractivity contribution in [2.45, 2.75) is 70.4 Å². The second-order valence-corrected chi connectivity index (χ2v) is 11.0. The Morgan fingerprint density at radius 2 is 1.94 bits per heavy atom. The summed E-state index contributed by atoms with van der Waals surface area (Å²) < 4.78 is 11.6. The minimum absolute atomic E-state index is 0.317. The van der Waals surface area contributed by atoms with Gasteiger partial charge < -0.3 is 24.1 Å². The molecule has 1 saturated carbocycles. The van der Waals surface area contributed by atoms with Crippen LogP contribution in [0.4, 0.5) is 6.01 Å². The fraction of sp³-hybridized carbons (Fsp3) is 0.654. The molecule has 1 unspecified atom stereocenters. The van der Waals surface area contributed by atoms with Crippen LogP contribution in [-0.4, -0.2) is 59.4 Å². The molecule has 3 fully saturated rings. The Morgan fingerprint density at radius 1 is 1.19 bits per heavy atom. The van der Waals surface area contributed by atoms with E-state index in [-0.39, 0.29) is 0 Å². The minimum Gasteiger partial charge on any atom is -0.490 e. The van der Waals surface area contributed by atoms with Crippen molar-refractivity contribution >= 4 is 6.01 Å². The van der Waals surface area contributed by atoms with Gasteiger partial charge in [0.15, 0.2) is 0 Å². The van der Waals surface area contributed by atoms with Crippen molar-refractivity contribution in [3.8, 4) is 5.75 Å². The Balaban J connectivity index is 1.14. The maximum Gasteiger partial charge on any atom is 0.297 e. The van der Waals surface area contributed by atoms with Crippen LogP contribution in [0, 0.1) is 12.3 Å². The van der Waals surface area contributed by atoms with Crippen LogP contribution in [0.3, 0.4) is 0 Å². The van der Waals surface area contributed by atoms with Crippen LogP contribution >= 0.6 is 0 Å². The highest BCUT2D eigenvalue weighted by molar-refractivity contribution is 5.37. The van der Waals surface area contributed by atoms with E-state index in [1.54, 1.807) is 20.1 Å². The van der Waals surface area contributed by atoms with Gasteiger partial charge in [0.05, 0.1) is 11.3 Å². The minimum atomic E-state index is -0.822. The first kappa shape index (κ1) is 21.8. The van der Waals surface area contributed by atoms with Gasteiger partial charge in [0.25, 0.3) is 6.01 Å². The molecule has 2 aromatic rings. The van der Waals surface area contributed by atoms with E-state index in [2.05, 4.69) is 26.9 Å². The normalized spacial score (nSPS) is 24.1. The van der Waals surface area contributed by atoms with Crippen LogP contribution in [0.25, 0.3) is 0 Å². The highest BCUT2D eigenvalue weighted by atomic mass is 16.5. The SMILES string of the molecule is Cc1coc(N2CC3(CCC(N4CCC(c5ccccc5OCC(C)(C)O)CC4)C3)C2)n1. The van der Waals surface area contributed by atoms with Gasteiger partial charge in [0.2, 0.25) is 0 Å². The molecular formula is C26H37N3O3. The monoisotopic (exact) mass is 439 g/mol. The van der Waals surface area contributed by atoms with Gasteiger partial charge in [-0.2, -0.15) is 4.98 Å². The third-order valence-corrected chi connectivity index (χ3v) is 7.59. The summed E-state index contributed by atoms with van der Waals surface area (Å²) in [6.07, 6.45) is 8.03. The van der Waals surface area contributed by atoms with E-state index in [0.29, 0.717) is 24.0 Å². The molecule has 3 heterocycles. The first-order valence-corrected chi connectivity index (χ1v) is 12.2. The van der Waals surface area contributed by atoms with Crippen LogP contribution in [0.15, 0.2) is 34.9 Å². The van der Waals surface area contributed by atoms with Crippen LogP contribution in [-0.2, 0) is 0 Å². The third kappa shape index (κ3) is 4.53. The van der Waals surface area contributed by atoms with E-state index in [1.807, 2.05) is 19.1 Å². The van der Waals surface area contributed by atoms with Gasteiger partial charge in [-0.3, -0.25) is 0 Å². The Kier molecular flexibility index (Phi) is 5.70. The Hall–Kier alpha value is -2.05. The zero-order valence-corrected chi connectivity index (χ0v) is 19.7. The number of benzene rings is 1. The summed E-state index contributed by atoms with van der Waals surface area (Å²) in [7, 11) is 0. The molecule has 3 aliphatic rings. The lowest BCUT2D eigenvalue weighted by molar-refractivity contribution is 0.0278. The Labute approximate surface area is 191 Å². The van der Waals surface area contributed by atoms with Crippen molar-refractivity contribution in [2.75, 3.05) is 37.7 Å². The number of likely N-dealkylation sites (tertiary alicyclic amines) is 1. The van der Waals surface area contributed by atoms with Gasteiger partial charge in [0, 0.05) is 24.5 Å². The summed E-state index contributed by atoms with van der Waals surface area (Å²) in [5.74, 6) is 1.47. The van der Waals surface area contributed by atoms with Crippen molar-refractivity contribution in [1.29, 1.82) is 0 Å². The molecule has 1 aliphatic carbocycles. The number of ether oxygens (including phenoxy) is 1. The molecule has 174 valence electrons. The first-order valence-electron chi connectivity index (χ1n) is 12.2. The molecule has 6 nitrogen and oxygen atoms in total.